The van der Waals surface area contributed by atoms with Crippen molar-refractivity contribution in [1.82, 2.24) is 0 Å². The van der Waals surface area contributed by atoms with Crippen molar-refractivity contribution in [3.8, 4) is 54.6 Å². The largest absolute Gasteiger partial charge is 0.491 e. The Balaban J connectivity index is 1.12. The Morgan fingerprint density at radius 1 is 0.453 bits per heavy atom. The second-order valence-electron chi connectivity index (χ2n) is 29.3. The van der Waals surface area contributed by atoms with Crippen molar-refractivity contribution >= 4 is 134 Å². The number of hydrogen-bond donors (Lipinski definition) is 0. The van der Waals surface area contributed by atoms with E-state index in [0.717, 1.165) is 261 Å². The number of rotatable bonds is 38. The van der Waals surface area contributed by atoms with E-state index < -0.39 is 11.2 Å². The van der Waals surface area contributed by atoms with Gasteiger partial charge in [-0.25, -0.2) is 20.2 Å². The van der Waals surface area contributed by atoms with Crippen LogP contribution in [0, 0.1) is 35.8 Å². The van der Waals surface area contributed by atoms with Crippen molar-refractivity contribution in [2.45, 2.75) is 258 Å². The molecule has 10 nitrogen and oxygen atoms in total. The molecule has 0 fully saturated rings. The number of Topliss-reactive ketones (excluding diaryl/α,β-unsaturated/α-hetero) is 2. The van der Waals surface area contributed by atoms with Crippen LogP contribution in [0.4, 0.5) is 0 Å². The number of halogens is 2. The van der Waals surface area contributed by atoms with Crippen LogP contribution in [0.1, 0.15) is 300 Å². The summed E-state index contributed by atoms with van der Waals surface area (Å²) in [6.07, 6.45) is 37.2. The van der Waals surface area contributed by atoms with Crippen LogP contribution in [0.15, 0.2) is 83.2 Å². The molecule has 4 aliphatic rings. The number of carbonyl (C=O) groups excluding carboxylic acids is 2. The van der Waals surface area contributed by atoms with Crippen molar-refractivity contribution in [2.24, 2.45) is 0 Å². The molecular weight excluding hydrogens is 1430 g/mol. The smallest absolute Gasteiger partial charge is 0.270 e. The maximum Gasteiger partial charge on any atom is 0.270 e. The zero-order valence-electron chi connectivity index (χ0n) is 62.6. The molecule has 12 rings (SSSR count). The Labute approximate surface area is 653 Å². The van der Waals surface area contributed by atoms with Gasteiger partial charge in [0.2, 0.25) is 0 Å². The Morgan fingerprint density at radius 3 is 1.21 bits per heavy atom. The van der Waals surface area contributed by atoms with Gasteiger partial charge in [-0.05, 0) is 124 Å². The molecule has 8 aromatic rings. The maximum absolute atomic E-state index is 14.8. The number of ketones is 2. The van der Waals surface area contributed by atoms with E-state index in [9.17, 15) is 20.1 Å². The van der Waals surface area contributed by atoms with Gasteiger partial charge >= 0.3 is 0 Å². The standard InChI is InChI=1S/C90H98Cl2N4O6S4/c1-9-15-21-27-29-37-45-99-79-64-52-68-82-88(86-70(90(102-82,43-35-25-19-13-5)44-36-26-20-14-6)50-58(104-86)48-66-76(74(56-94)96-8)61-53-71(91)72(92)54-62(61)78(66)98)106-84(68)80(100-46-38-30-28-22-16-10-2)63(64)51-67-81-87(105-83(67)79)85-69(89(101-81,41-33-23-17-11-3)42-34-24-18-12-4)49-57(103-85)47-65-75(73(55-93)95-7)59-39-31-32-40-60(59)77(65)97/h31-32,39-40,47-54H,9-30,33-38,41-46H2,1-6H3/b65-47-,66-48-,75-73-,76-74+. The average molecular weight is 1530 g/mol. The molecular formula is C90H98Cl2N4O6S4. The molecule has 0 N–H and O–H groups in total. The third-order valence-electron chi connectivity index (χ3n) is 21.8. The number of nitriles is 2. The summed E-state index contributed by atoms with van der Waals surface area (Å²) in [4.78, 5) is 42.7. The SMILES string of the molecule is [C-]#[N+]/C(C#N)=C1\C(=C\c2cc3c(s2)-c2sc4c(OCCCCCCCC)c5cc6c7c(sc6c(OCCCCCCCC)c5cc4c2OC3(CCCCCC)CCCCCC)-c2sc(/C=C3\C(=O)c4cc(Cl)c(Cl)cc4\C3=C(\C#N)[N+]#[C-])cc2C(CCCCCC)(CCCCCC)O7)C(=O)c2ccccc21. The minimum atomic E-state index is -0.740. The first-order chi connectivity index (χ1) is 51.8. The molecule has 0 unspecified atom stereocenters. The molecule has 552 valence electrons. The van der Waals surface area contributed by atoms with Crippen LogP contribution in [-0.2, 0) is 11.2 Å². The fourth-order valence-electron chi connectivity index (χ4n) is 16.2. The van der Waals surface area contributed by atoms with Crippen LogP contribution in [-0.4, -0.2) is 24.8 Å². The molecule has 2 aliphatic heterocycles. The number of fused-ring (bicyclic) bond motifs is 13. The summed E-state index contributed by atoms with van der Waals surface area (Å²) in [7, 11) is 0. The summed E-state index contributed by atoms with van der Waals surface area (Å²) < 4.78 is 33.1. The summed E-state index contributed by atoms with van der Waals surface area (Å²) >= 11 is 20.0. The van der Waals surface area contributed by atoms with Gasteiger partial charge in [0.15, 0.2) is 11.6 Å². The number of unbranched alkanes of at least 4 members (excludes halogenated alkanes) is 22. The van der Waals surface area contributed by atoms with Crippen molar-refractivity contribution in [2.75, 3.05) is 13.2 Å². The Hall–Kier alpha value is -7.50. The number of hydrogen-bond acceptors (Lipinski definition) is 12. The predicted octanol–water partition coefficient (Wildman–Crippen LogP) is 29.4. The summed E-state index contributed by atoms with van der Waals surface area (Å²) in [6.45, 7) is 30.9. The third-order valence-corrected chi connectivity index (χ3v) is 27.4. The van der Waals surface area contributed by atoms with Crippen LogP contribution in [0.5, 0.6) is 23.0 Å². The van der Waals surface area contributed by atoms with E-state index in [0.29, 0.717) is 46.6 Å². The quantitative estimate of drug-likeness (QED) is 0.0162. The van der Waals surface area contributed by atoms with Gasteiger partial charge < -0.3 is 18.9 Å². The highest BCUT2D eigenvalue weighted by atomic mass is 35.5. The lowest BCUT2D eigenvalue weighted by molar-refractivity contribution is 0.0411. The molecule has 0 saturated carbocycles. The van der Waals surface area contributed by atoms with Crippen LogP contribution in [0.25, 0.3) is 83.4 Å². The van der Waals surface area contributed by atoms with Gasteiger partial charge in [-0.1, -0.05) is 230 Å². The molecule has 16 heteroatoms. The van der Waals surface area contributed by atoms with Gasteiger partial charge in [-0.15, -0.1) is 45.3 Å². The van der Waals surface area contributed by atoms with Crippen LogP contribution < -0.4 is 18.9 Å². The van der Waals surface area contributed by atoms with Gasteiger partial charge in [-0.3, -0.25) is 9.59 Å². The summed E-state index contributed by atoms with van der Waals surface area (Å²) in [5.41, 5.74) is 3.59. The number of thiophene rings is 4. The Bertz CT molecular complexity index is 4870. The highest BCUT2D eigenvalue weighted by molar-refractivity contribution is 7.28. The van der Waals surface area contributed by atoms with E-state index in [4.69, 9.17) is 55.3 Å². The normalized spacial score (nSPS) is 16.1. The van der Waals surface area contributed by atoms with Gasteiger partial charge in [0, 0.05) is 75.8 Å². The predicted molar refractivity (Wildman–Crippen MR) is 445 cm³/mol. The highest BCUT2D eigenvalue weighted by Crippen LogP contribution is 2.64. The second kappa shape index (κ2) is 36.1. The average Bonchev–Trinajstić information content (AvgIpc) is 1.53. The minimum Gasteiger partial charge on any atom is -0.491 e. The minimum absolute atomic E-state index is 0.0988. The molecule has 2 aliphatic carbocycles. The molecule has 106 heavy (non-hydrogen) atoms. The molecule has 4 aromatic carbocycles. The third kappa shape index (κ3) is 15.9. The van der Waals surface area contributed by atoms with Crippen LogP contribution >= 0.6 is 68.5 Å². The fraction of sp³-hybridized carbons (Fsp3) is 0.467. The number of nitrogens with zero attached hydrogens (tertiary/aromatic N) is 4. The lowest BCUT2D eigenvalue weighted by Crippen LogP contribution is -2.35. The molecule has 0 amide bonds. The lowest BCUT2D eigenvalue weighted by atomic mass is 9.81. The fourth-order valence-corrected chi connectivity index (χ4v) is 21.7. The Morgan fingerprint density at radius 2 is 0.811 bits per heavy atom. The van der Waals surface area contributed by atoms with Crippen molar-refractivity contribution in [3.63, 3.8) is 0 Å². The van der Waals surface area contributed by atoms with Gasteiger partial charge in [-0.2, -0.15) is 0 Å². The monoisotopic (exact) mass is 1530 g/mol. The van der Waals surface area contributed by atoms with Crippen molar-refractivity contribution in [3.05, 3.63) is 159 Å². The van der Waals surface area contributed by atoms with E-state index >= 15 is 0 Å². The number of allylic oxidation sites excluding steroid dienone is 6. The number of benzene rings is 4. The molecule has 6 heterocycles. The lowest BCUT2D eigenvalue weighted by Gasteiger charge is -2.39. The van der Waals surface area contributed by atoms with Crippen molar-refractivity contribution in [1.29, 1.82) is 10.5 Å². The van der Waals surface area contributed by atoms with Gasteiger partial charge in [0.1, 0.15) is 34.2 Å². The molecule has 0 saturated heterocycles. The van der Waals surface area contributed by atoms with E-state index in [2.05, 4.69) is 87.6 Å². The maximum atomic E-state index is 14.8. The topological polar surface area (TPSA) is 127 Å². The zero-order valence-corrected chi connectivity index (χ0v) is 67.4. The van der Waals surface area contributed by atoms with Crippen LogP contribution in [0.2, 0.25) is 10.0 Å². The number of ether oxygens (including phenoxy) is 4. The first-order valence-electron chi connectivity index (χ1n) is 39.4. The van der Waals surface area contributed by atoms with E-state index in [1.165, 1.54) is 38.5 Å². The van der Waals surface area contributed by atoms with Gasteiger partial charge in [0.25, 0.3) is 11.4 Å². The first kappa shape index (κ1) is 78.1. The van der Waals surface area contributed by atoms with Crippen molar-refractivity contribution < 1.29 is 28.5 Å². The van der Waals surface area contributed by atoms with E-state index in [1.54, 1.807) is 63.5 Å². The molecule has 0 bridgehead atoms. The molecule has 0 atom stereocenters. The molecule has 4 aromatic heterocycles. The first-order valence-corrected chi connectivity index (χ1v) is 43.4. The summed E-state index contributed by atoms with van der Waals surface area (Å²) in [5, 5.41) is 25.2. The Kier molecular flexibility index (Phi) is 26.6. The number of carbonyl (C=O) groups is 2. The molecule has 0 radical (unpaired) electrons. The zero-order chi connectivity index (χ0) is 74.5. The second-order valence-corrected chi connectivity index (χ2v) is 34.3. The van der Waals surface area contributed by atoms with Gasteiger partial charge in [0.05, 0.1) is 77.5 Å². The van der Waals surface area contributed by atoms with E-state index in [1.807, 2.05) is 30.4 Å². The van der Waals surface area contributed by atoms with Crippen LogP contribution in [0.3, 0.4) is 0 Å². The highest BCUT2D eigenvalue weighted by Gasteiger charge is 2.47. The summed E-state index contributed by atoms with van der Waals surface area (Å²) in [6, 6.07) is 23.9. The summed E-state index contributed by atoms with van der Waals surface area (Å²) in [5.74, 6) is 2.77. The van der Waals surface area contributed by atoms with E-state index in [-0.39, 0.29) is 44.2 Å². The molecule has 0 spiro atoms.